The molecule has 1 saturated heterocycles. The second-order valence-corrected chi connectivity index (χ2v) is 5.97. The molecule has 2 nitrogen and oxygen atoms in total. The van der Waals surface area contributed by atoms with E-state index in [1.165, 1.54) is 12.8 Å². The number of halogens is 1. The van der Waals surface area contributed by atoms with Gasteiger partial charge in [-0.15, -0.1) is 11.3 Å². The summed E-state index contributed by atoms with van der Waals surface area (Å²) in [5.41, 5.74) is 1.06. The summed E-state index contributed by atoms with van der Waals surface area (Å²) in [6, 6.07) is 0. The number of aryl methyl sites for hydroxylation is 1. The van der Waals surface area contributed by atoms with Crippen LogP contribution in [0.25, 0.3) is 0 Å². The molecule has 17 heavy (non-hydrogen) atoms. The maximum Gasteiger partial charge on any atom is 0.0897 e. The van der Waals surface area contributed by atoms with Crippen molar-refractivity contribution in [1.82, 2.24) is 0 Å². The van der Waals surface area contributed by atoms with Crippen molar-refractivity contribution in [3.05, 3.63) is 20.8 Å². The molecule has 96 valence electrons. The van der Waals surface area contributed by atoms with E-state index in [-0.39, 0.29) is 0 Å². The third-order valence-corrected chi connectivity index (χ3v) is 5.07. The summed E-state index contributed by atoms with van der Waals surface area (Å²) in [5.74, 6) is 0. The van der Waals surface area contributed by atoms with E-state index < -0.39 is 6.10 Å². The first-order chi connectivity index (χ1) is 8.18. The quantitative estimate of drug-likeness (QED) is 0.876. The zero-order chi connectivity index (χ0) is 12.3. The van der Waals surface area contributed by atoms with Crippen LogP contribution in [-0.2, 0) is 4.74 Å². The van der Waals surface area contributed by atoms with E-state index in [2.05, 4.69) is 0 Å². The number of hydrogen-bond donors (Lipinski definition) is 1. The molecule has 0 amide bonds. The number of ether oxygens (including phenoxy) is 1. The van der Waals surface area contributed by atoms with E-state index in [4.69, 9.17) is 16.3 Å². The molecule has 0 saturated carbocycles. The number of aliphatic hydroxyl groups excluding tert-OH is 1. The normalized spacial score (nSPS) is 21.9. The summed E-state index contributed by atoms with van der Waals surface area (Å²) in [7, 11) is 0. The molecule has 1 aliphatic heterocycles. The van der Waals surface area contributed by atoms with Crippen molar-refractivity contribution in [2.45, 2.75) is 51.2 Å². The van der Waals surface area contributed by atoms with Gasteiger partial charge in [0, 0.05) is 6.61 Å². The van der Waals surface area contributed by atoms with Crippen molar-refractivity contribution in [2.75, 3.05) is 6.61 Å². The van der Waals surface area contributed by atoms with Gasteiger partial charge >= 0.3 is 0 Å². The SMILES string of the molecule is Cc1csc(C(O)CCCC2CCCO2)c1Cl. The average molecular weight is 275 g/mol. The fourth-order valence-corrected chi connectivity index (χ4v) is 3.56. The lowest BCUT2D eigenvalue weighted by Crippen LogP contribution is -2.05. The van der Waals surface area contributed by atoms with Gasteiger partial charge in [-0.05, 0) is 50.0 Å². The van der Waals surface area contributed by atoms with Gasteiger partial charge in [0.25, 0.3) is 0 Å². The molecule has 2 rings (SSSR count). The van der Waals surface area contributed by atoms with Crippen LogP contribution in [0.2, 0.25) is 5.02 Å². The van der Waals surface area contributed by atoms with Gasteiger partial charge in [-0.25, -0.2) is 0 Å². The molecule has 1 aliphatic rings. The number of rotatable bonds is 5. The lowest BCUT2D eigenvalue weighted by molar-refractivity contribution is 0.0949. The molecule has 0 aromatic carbocycles. The predicted molar refractivity (Wildman–Crippen MR) is 71.9 cm³/mol. The third kappa shape index (κ3) is 3.44. The first-order valence-electron chi connectivity index (χ1n) is 6.21. The van der Waals surface area contributed by atoms with Crippen LogP contribution in [0.15, 0.2) is 5.38 Å². The first kappa shape index (κ1) is 13.3. The topological polar surface area (TPSA) is 29.5 Å². The fourth-order valence-electron chi connectivity index (χ4n) is 2.22. The van der Waals surface area contributed by atoms with Gasteiger partial charge in [-0.1, -0.05) is 11.6 Å². The molecule has 1 aromatic heterocycles. The van der Waals surface area contributed by atoms with Gasteiger partial charge in [0.2, 0.25) is 0 Å². The highest BCUT2D eigenvalue weighted by Gasteiger charge is 2.18. The number of aliphatic hydroxyl groups is 1. The molecule has 4 heteroatoms. The first-order valence-corrected chi connectivity index (χ1v) is 7.47. The van der Waals surface area contributed by atoms with Crippen LogP contribution in [0.3, 0.4) is 0 Å². The van der Waals surface area contributed by atoms with Crippen molar-refractivity contribution in [3.8, 4) is 0 Å². The third-order valence-electron chi connectivity index (χ3n) is 3.26. The Kier molecular flexibility index (Phi) is 4.86. The molecular formula is C13H19ClO2S. The molecular weight excluding hydrogens is 256 g/mol. The van der Waals surface area contributed by atoms with Crippen LogP contribution in [0.5, 0.6) is 0 Å². The summed E-state index contributed by atoms with van der Waals surface area (Å²) < 4.78 is 5.56. The van der Waals surface area contributed by atoms with Crippen molar-refractivity contribution in [2.24, 2.45) is 0 Å². The maximum absolute atomic E-state index is 10.1. The Labute approximate surface area is 112 Å². The van der Waals surface area contributed by atoms with Crippen LogP contribution >= 0.6 is 22.9 Å². The van der Waals surface area contributed by atoms with Crippen LogP contribution in [-0.4, -0.2) is 17.8 Å². The smallest absolute Gasteiger partial charge is 0.0897 e. The monoisotopic (exact) mass is 274 g/mol. The Hall–Kier alpha value is -0.0900. The summed E-state index contributed by atoms with van der Waals surface area (Å²) >= 11 is 7.69. The minimum Gasteiger partial charge on any atom is -0.388 e. The Morgan fingerprint density at radius 2 is 2.47 bits per heavy atom. The second kappa shape index (κ2) is 6.19. The van der Waals surface area contributed by atoms with Gasteiger partial charge in [0.05, 0.1) is 22.1 Å². The molecule has 2 unspecified atom stereocenters. The molecule has 1 N–H and O–H groups in total. The highest BCUT2D eigenvalue weighted by atomic mass is 35.5. The van der Waals surface area contributed by atoms with E-state index in [0.29, 0.717) is 6.10 Å². The summed E-state index contributed by atoms with van der Waals surface area (Å²) in [4.78, 5) is 0.913. The van der Waals surface area contributed by atoms with E-state index in [1.54, 1.807) is 11.3 Å². The minimum atomic E-state index is -0.414. The van der Waals surface area contributed by atoms with Gasteiger partial charge < -0.3 is 9.84 Å². The van der Waals surface area contributed by atoms with Crippen LogP contribution in [0.4, 0.5) is 0 Å². The lowest BCUT2D eigenvalue weighted by atomic mass is 10.1. The Bertz CT molecular complexity index is 358. The lowest BCUT2D eigenvalue weighted by Gasteiger charge is -2.12. The van der Waals surface area contributed by atoms with Gasteiger partial charge in [-0.2, -0.15) is 0 Å². The zero-order valence-corrected chi connectivity index (χ0v) is 11.7. The summed E-state index contributed by atoms with van der Waals surface area (Å²) in [5, 5.41) is 12.8. The minimum absolute atomic E-state index is 0.414. The predicted octanol–water partition coefficient (Wildman–Crippen LogP) is 4.09. The van der Waals surface area contributed by atoms with Crippen LogP contribution in [0, 0.1) is 6.92 Å². The van der Waals surface area contributed by atoms with Gasteiger partial charge in [-0.3, -0.25) is 0 Å². The molecule has 2 atom stereocenters. The number of thiophene rings is 1. The van der Waals surface area contributed by atoms with E-state index >= 15 is 0 Å². The van der Waals surface area contributed by atoms with Crippen LogP contribution < -0.4 is 0 Å². The molecule has 0 radical (unpaired) electrons. The Morgan fingerprint density at radius 3 is 3.06 bits per heavy atom. The molecule has 2 heterocycles. The number of hydrogen-bond acceptors (Lipinski definition) is 3. The zero-order valence-electron chi connectivity index (χ0n) is 10.1. The van der Waals surface area contributed by atoms with Crippen molar-refractivity contribution in [1.29, 1.82) is 0 Å². The van der Waals surface area contributed by atoms with E-state index in [0.717, 1.165) is 41.3 Å². The molecule has 1 aromatic rings. The van der Waals surface area contributed by atoms with E-state index in [1.807, 2.05) is 12.3 Å². The van der Waals surface area contributed by atoms with Gasteiger partial charge in [0.1, 0.15) is 0 Å². The maximum atomic E-state index is 10.1. The Morgan fingerprint density at radius 1 is 1.65 bits per heavy atom. The molecule has 0 spiro atoms. The van der Waals surface area contributed by atoms with Crippen LogP contribution in [0.1, 0.15) is 48.6 Å². The highest BCUT2D eigenvalue weighted by molar-refractivity contribution is 7.10. The van der Waals surface area contributed by atoms with Crippen molar-refractivity contribution in [3.63, 3.8) is 0 Å². The standard InChI is InChI=1S/C13H19ClO2S/c1-9-8-17-13(12(9)14)11(15)6-2-4-10-5-3-7-16-10/h8,10-11,15H,2-7H2,1H3. The summed E-state index contributed by atoms with van der Waals surface area (Å²) in [6.45, 7) is 2.88. The van der Waals surface area contributed by atoms with E-state index in [9.17, 15) is 5.11 Å². The average Bonchev–Trinajstić information content (AvgIpc) is 2.91. The highest BCUT2D eigenvalue weighted by Crippen LogP contribution is 2.34. The molecule has 0 aliphatic carbocycles. The fraction of sp³-hybridized carbons (Fsp3) is 0.692. The second-order valence-electron chi connectivity index (χ2n) is 4.68. The summed E-state index contributed by atoms with van der Waals surface area (Å²) in [6.07, 6.45) is 5.20. The van der Waals surface area contributed by atoms with Gasteiger partial charge in [0.15, 0.2) is 0 Å². The largest absolute Gasteiger partial charge is 0.388 e. The Balaban J connectivity index is 1.76. The molecule has 0 bridgehead atoms. The van der Waals surface area contributed by atoms with Crippen molar-refractivity contribution >= 4 is 22.9 Å². The van der Waals surface area contributed by atoms with Crippen molar-refractivity contribution < 1.29 is 9.84 Å². The molecule has 1 fully saturated rings.